The minimum atomic E-state index is -0.672. The summed E-state index contributed by atoms with van der Waals surface area (Å²) in [7, 11) is 3.39. The molecule has 2 rings (SSSR count). The minimum Gasteiger partial charge on any atom is -0.481 e. The van der Waals surface area contributed by atoms with Crippen LogP contribution in [0.15, 0.2) is 0 Å². The van der Waals surface area contributed by atoms with Crippen molar-refractivity contribution in [3.8, 4) is 0 Å². The lowest BCUT2D eigenvalue weighted by Crippen LogP contribution is -2.31. The number of carboxylic acids is 1. The highest BCUT2D eigenvalue weighted by Gasteiger charge is 2.50. The van der Waals surface area contributed by atoms with Crippen LogP contribution in [-0.2, 0) is 14.3 Å². The van der Waals surface area contributed by atoms with Crippen molar-refractivity contribution in [2.45, 2.75) is 37.9 Å². The van der Waals surface area contributed by atoms with Gasteiger partial charge >= 0.3 is 5.97 Å². The molecule has 0 bridgehead atoms. The minimum absolute atomic E-state index is 0.319. The van der Waals surface area contributed by atoms with Gasteiger partial charge in [-0.3, -0.25) is 4.79 Å². The summed E-state index contributed by atoms with van der Waals surface area (Å²) in [6, 6.07) is 0. The largest absolute Gasteiger partial charge is 0.481 e. The number of carbonyl (C=O) groups is 1. The summed E-state index contributed by atoms with van der Waals surface area (Å²) in [6.07, 6.45) is 4.19. The molecule has 2 saturated carbocycles. The molecule has 2 aliphatic carbocycles. The summed E-state index contributed by atoms with van der Waals surface area (Å²) >= 11 is 0. The van der Waals surface area contributed by atoms with Crippen LogP contribution in [0.4, 0.5) is 0 Å². The van der Waals surface area contributed by atoms with Gasteiger partial charge in [0.15, 0.2) is 5.79 Å². The lowest BCUT2D eigenvalue weighted by molar-refractivity contribution is -0.205. The molecule has 92 valence electrons. The Labute approximate surface area is 95.9 Å². The van der Waals surface area contributed by atoms with Gasteiger partial charge in [-0.15, -0.1) is 0 Å². The van der Waals surface area contributed by atoms with Gasteiger partial charge in [0.05, 0.1) is 0 Å². The van der Waals surface area contributed by atoms with Crippen LogP contribution in [0.5, 0.6) is 0 Å². The maximum absolute atomic E-state index is 10.7. The van der Waals surface area contributed by atoms with Gasteiger partial charge in [-0.05, 0) is 30.6 Å². The molecular formula is C12H20O4. The van der Waals surface area contributed by atoms with Gasteiger partial charge in [0.1, 0.15) is 0 Å². The highest BCUT2D eigenvalue weighted by Crippen LogP contribution is 2.52. The third-order valence-corrected chi connectivity index (χ3v) is 4.29. The molecule has 1 unspecified atom stereocenters. The lowest BCUT2D eigenvalue weighted by atomic mass is 9.98. The number of rotatable bonds is 4. The number of hydrogen-bond donors (Lipinski definition) is 1. The number of aliphatic carboxylic acids is 1. The molecule has 0 aliphatic heterocycles. The fourth-order valence-corrected chi connectivity index (χ4v) is 3.55. The van der Waals surface area contributed by atoms with E-state index in [9.17, 15) is 4.79 Å². The molecule has 0 aromatic rings. The maximum atomic E-state index is 10.7. The van der Waals surface area contributed by atoms with Crippen molar-refractivity contribution < 1.29 is 19.4 Å². The molecule has 3 atom stereocenters. The van der Waals surface area contributed by atoms with Gasteiger partial charge in [0.2, 0.25) is 0 Å². The molecule has 0 radical (unpaired) electrons. The molecule has 0 aromatic heterocycles. The van der Waals surface area contributed by atoms with E-state index in [1.54, 1.807) is 14.2 Å². The van der Waals surface area contributed by atoms with E-state index in [1.165, 1.54) is 0 Å². The molecule has 1 N–H and O–H groups in total. The molecular weight excluding hydrogens is 208 g/mol. The third kappa shape index (κ3) is 2.09. The zero-order valence-electron chi connectivity index (χ0n) is 9.94. The zero-order valence-corrected chi connectivity index (χ0v) is 9.94. The molecule has 2 aliphatic rings. The fourth-order valence-electron chi connectivity index (χ4n) is 3.55. The van der Waals surface area contributed by atoms with Crippen LogP contribution in [-0.4, -0.2) is 31.1 Å². The number of carboxylic acid groups (broad SMARTS) is 1. The van der Waals surface area contributed by atoms with Crippen LogP contribution in [0, 0.1) is 17.8 Å². The summed E-state index contributed by atoms with van der Waals surface area (Å²) < 4.78 is 10.9. The highest BCUT2D eigenvalue weighted by atomic mass is 16.7. The van der Waals surface area contributed by atoms with Crippen molar-refractivity contribution in [1.29, 1.82) is 0 Å². The van der Waals surface area contributed by atoms with E-state index in [4.69, 9.17) is 14.6 Å². The van der Waals surface area contributed by atoms with Crippen LogP contribution >= 0.6 is 0 Å². The topological polar surface area (TPSA) is 55.8 Å². The average Bonchev–Trinajstić information content (AvgIpc) is 2.72. The molecule has 4 heteroatoms. The molecule has 0 saturated heterocycles. The monoisotopic (exact) mass is 228 g/mol. The van der Waals surface area contributed by atoms with Gasteiger partial charge in [0.25, 0.3) is 0 Å². The van der Waals surface area contributed by atoms with Gasteiger partial charge in [-0.1, -0.05) is 0 Å². The van der Waals surface area contributed by atoms with Crippen LogP contribution in [0.3, 0.4) is 0 Å². The summed E-state index contributed by atoms with van der Waals surface area (Å²) in [5, 5.41) is 8.78. The average molecular weight is 228 g/mol. The van der Waals surface area contributed by atoms with Gasteiger partial charge in [0, 0.05) is 33.5 Å². The predicted octanol–water partition coefficient (Wildman–Crippen LogP) is 1.89. The molecule has 0 amide bonds. The van der Waals surface area contributed by atoms with Crippen LogP contribution in [0.1, 0.15) is 32.1 Å². The van der Waals surface area contributed by atoms with Crippen molar-refractivity contribution in [3.63, 3.8) is 0 Å². The summed E-state index contributed by atoms with van der Waals surface area (Å²) in [5.74, 6) is 0.464. The standard InChI is InChI=1S/C12H20O4/c1-15-12(16-2)6-9-3-8(5-11(13)14)4-10(9)7-12/h8-10H,3-7H2,1-2H3,(H,13,14)/t8?,9-,10+. The first-order valence-corrected chi connectivity index (χ1v) is 5.90. The maximum Gasteiger partial charge on any atom is 0.303 e. The van der Waals surface area contributed by atoms with E-state index in [2.05, 4.69) is 0 Å². The van der Waals surface area contributed by atoms with Gasteiger partial charge in [-0.2, -0.15) is 0 Å². The van der Waals surface area contributed by atoms with E-state index in [1.807, 2.05) is 0 Å². The van der Waals surface area contributed by atoms with E-state index in [0.717, 1.165) is 25.7 Å². The Bertz CT molecular complexity index is 256. The fraction of sp³-hybridized carbons (Fsp3) is 0.917. The molecule has 2 fully saturated rings. The Morgan fingerprint density at radius 3 is 2.12 bits per heavy atom. The molecule has 4 nitrogen and oxygen atoms in total. The molecule has 0 spiro atoms. The van der Waals surface area contributed by atoms with Crippen molar-refractivity contribution in [3.05, 3.63) is 0 Å². The Morgan fingerprint density at radius 1 is 1.25 bits per heavy atom. The number of ether oxygens (including phenoxy) is 2. The van der Waals surface area contributed by atoms with Crippen molar-refractivity contribution in [2.75, 3.05) is 14.2 Å². The molecule has 16 heavy (non-hydrogen) atoms. The second-order valence-corrected chi connectivity index (χ2v) is 5.18. The van der Waals surface area contributed by atoms with E-state index >= 15 is 0 Å². The van der Waals surface area contributed by atoms with Crippen LogP contribution < -0.4 is 0 Å². The normalized spacial score (nSPS) is 36.2. The van der Waals surface area contributed by atoms with Crippen molar-refractivity contribution in [1.82, 2.24) is 0 Å². The second kappa shape index (κ2) is 4.34. The second-order valence-electron chi connectivity index (χ2n) is 5.18. The SMILES string of the molecule is COC1(OC)C[C@H]2CC(CC(=O)O)C[C@H]2C1. The van der Waals surface area contributed by atoms with E-state index in [0.29, 0.717) is 24.2 Å². The van der Waals surface area contributed by atoms with E-state index < -0.39 is 11.8 Å². The van der Waals surface area contributed by atoms with Crippen molar-refractivity contribution >= 4 is 5.97 Å². The van der Waals surface area contributed by atoms with Crippen molar-refractivity contribution in [2.24, 2.45) is 17.8 Å². The number of methoxy groups -OCH3 is 2. The first-order valence-electron chi connectivity index (χ1n) is 5.90. The quantitative estimate of drug-likeness (QED) is 0.746. The molecule has 0 heterocycles. The first-order chi connectivity index (χ1) is 7.58. The smallest absolute Gasteiger partial charge is 0.303 e. The zero-order chi connectivity index (χ0) is 11.8. The van der Waals surface area contributed by atoms with Crippen LogP contribution in [0.2, 0.25) is 0 Å². The third-order valence-electron chi connectivity index (χ3n) is 4.29. The summed E-state index contributed by atoms with van der Waals surface area (Å²) in [5.41, 5.74) is 0. The Hall–Kier alpha value is -0.610. The first kappa shape index (κ1) is 11.9. The van der Waals surface area contributed by atoms with Gasteiger partial charge < -0.3 is 14.6 Å². The number of hydrogen-bond acceptors (Lipinski definition) is 3. The highest BCUT2D eigenvalue weighted by molar-refractivity contribution is 5.67. The predicted molar refractivity (Wildman–Crippen MR) is 57.9 cm³/mol. The van der Waals surface area contributed by atoms with Gasteiger partial charge in [-0.25, -0.2) is 0 Å². The van der Waals surface area contributed by atoms with Crippen LogP contribution in [0.25, 0.3) is 0 Å². The Balaban J connectivity index is 1.92. The summed E-state index contributed by atoms with van der Waals surface area (Å²) in [6.45, 7) is 0. The lowest BCUT2D eigenvalue weighted by Gasteiger charge is -2.27. The summed E-state index contributed by atoms with van der Waals surface area (Å²) in [4.78, 5) is 10.7. The number of fused-ring (bicyclic) bond motifs is 1. The Kier molecular flexibility index (Phi) is 3.22. The molecule has 0 aromatic carbocycles. The van der Waals surface area contributed by atoms with E-state index in [-0.39, 0.29) is 0 Å². The Morgan fingerprint density at radius 2 is 1.75 bits per heavy atom.